The van der Waals surface area contributed by atoms with Crippen molar-refractivity contribution in [3.8, 4) is 0 Å². The van der Waals surface area contributed by atoms with E-state index in [9.17, 15) is 5.11 Å². The molecule has 1 heterocycles. The Kier molecular flexibility index (Phi) is 3.15. The molecule has 88 valence electrons. The molecule has 0 saturated heterocycles. The molecule has 0 amide bonds. The van der Waals surface area contributed by atoms with Crippen LogP contribution in [0.5, 0.6) is 0 Å². The molecule has 16 heavy (non-hydrogen) atoms. The molecule has 0 aromatic carbocycles. The fraction of sp³-hybridized carbons (Fsp3) is 0.615. The summed E-state index contributed by atoms with van der Waals surface area (Å²) in [5.41, 5.74) is 1.86. The van der Waals surface area contributed by atoms with Gasteiger partial charge in [-0.2, -0.15) is 0 Å². The van der Waals surface area contributed by atoms with Gasteiger partial charge in [-0.05, 0) is 44.7 Å². The van der Waals surface area contributed by atoms with E-state index < -0.39 is 6.10 Å². The van der Waals surface area contributed by atoms with Gasteiger partial charge in [0.2, 0.25) is 0 Å². The molecular weight excluding hydrogens is 200 g/mol. The molecule has 0 bridgehead atoms. The minimum atomic E-state index is -0.486. The molecule has 0 aliphatic heterocycles. The fourth-order valence-corrected chi connectivity index (χ4v) is 1.98. The summed E-state index contributed by atoms with van der Waals surface area (Å²) >= 11 is 0. The summed E-state index contributed by atoms with van der Waals surface area (Å²) in [4.78, 5) is 6.54. The van der Waals surface area contributed by atoms with Crippen molar-refractivity contribution in [2.24, 2.45) is 5.92 Å². The van der Waals surface area contributed by atoms with Crippen LogP contribution in [0.2, 0.25) is 0 Å². The lowest BCUT2D eigenvalue weighted by molar-refractivity contribution is 0.194. The van der Waals surface area contributed by atoms with Gasteiger partial charge in [-0.1, -0.05) is 0 Å². The van der Waals surface area contributed by atoms with Crippen LogP contribution in [0.15, 0.2) is 18.3 Å². The van der Waals surface area contributed by atoms with E-state index in [2.05, 4.69) is 23.9 Å². The highest BCUT2D eigenvalue weighted by atomic mass is 16.3. The molecule has 0 radical (unpaired) electrons. The fourth-order valence-electron chi connectivity index (χ4n) is 1.98. The average molecular weight is 220 g/mol. The third-order valence-electron chi connectivity index (χ3n) is 3.52. The first-order valence-corrected chi connectivity index (χ1v) is 5.96. The molecule has 1 saturated carbocycles. The highest BCUT2D eigenvalue weighted by Crippen LogP contribution is 2.36. The van der Waals surface area contributed by atoms with Crippen molar-refractivity contribution < 1.29 is 5.11 Å². The summed E-state index contributed by atoms with van der Waals surface area (Å²) < 4.78 is 0. The molecule has 1 aromatic heterocycles. The van der Waals surface area contributed by atoms with E-state index in [1.54, 1.807) is 6.92 Å². The molecular formula is C13H20N2O. The predicted octanol–water partition coefficient (Wildman–Crippen LogP) is 2.37. The van der Waals surface area contributed by atoms with Crippen LogP contribution >= 0.6 is 0 Å². The lowest BCUT2D eigenvalue weighted by atomic mass is 10.1. The van der Waals surface area contributed by atoms with E-state index in [1.165, 1.54) is 12.8 Å². The van der Waals surface area contributed by atoms with Gasteiger partial charge in [0.05, 0.1) is 23.7 Å². The number of aliphatic hydroxyl groups is 1. The van der Waals surface area contributed by atoms with Crippen molar-refractivity contribution in [1.82, 2.24) is 4.98 Å². The molecule has 2 rings (SSSR count). The zero-order chi connectivity index (χ0) is 11.7. The maximum atomic E-state index is 9.38. The Morgan fingerprint density at radius 3 is 2.50 bits per heavy atom. The van der Waals surface area contributed by atoms with Gasteiger partial charge in [-0.15, -0.1) is 0 Å². The van der Waals surface area contributed by atoms with Crippen molar-refractivity contribution in [3.63, 3.8) is 0 Å². The first-order valence-electron chi connectivity index (χ1n) is 5.96. The number of aliphatic hydroxyl groups excluding tert-OH is 1. The predicted molar refractivity (Wildman–Crippen MR) is 65.5 cm³/mol. The summed E-state index contributed by atoms with van der Waals surface area (Å²) in [6.45, 7) is 4.00. The Labute approximate surface area is 97.1 Å². The first-order chi connectivity index (χ1) is 7.59. The van der Waals surface area contributed by atoms with Crippen LogP contribution < -0.4 is 4.90 Å². The summed E-state index contributed by atoms with van der Waals surface area (Å²) in [6.07, 6.45) is 4.07. The second-order valence-electron chi connectivity index (χ2n) is 4.81. The molecule has 3 nitrogen and oxygen atoms in total. The van der Waals surface area contributed by atoms with Crippen LogP contribution in [0.25, 0.3) is 0 Å². The number of anilines is 1. The van der Waals surface area contributed by atoms with Gasteiger partial charge in [-0.3, -0.25) is 4.98 Å². The van der Waals surface area contributed by atoms with E-state index >= 15 is 0 Å². The average Bonchev–Trinajstić information content (AvgIpc) is 3.11. The van der Waals surface area contributed by atoms with E-state index in [-0.39, 0.29) is 0 Å². The maximum Gasteiger partial charge on any atom is 0.0931 e. The van der Waals surface area contributed by atoms with Gasteiger partial charge >= 0.3 is 0 Å². The summed E-state index contributed by atoms with van der Waals surface area (Å²) in [5, 5.41) is 9.38. The quantitative estimate of drug-likeness (QED) is 0.846. The van der Waals surface area contributed by atoms with E-state index in [4.69, 9.17) is 0 Å². The Balaban J connectivity index is 2.08. The zero-order valence-electron chi connectivity index (χ0n) is 10.2. The van der Waals surface area contributed by atoms with Gasteiger partial charge in [0.1, 0.15) is 0 Å². The van der Waals surface area contributed by atoms with E-state index in [1.807, 2.05) is 18.3 Å². The third-order valence-corrected chi connectivity index (χ3v) is 3.52. The minimum Gasteiger partial charge on any atom is -0.387 e. The standard InChI is InChI=1S/C13H20N2O/c1-9(11-4-5-11)15(3)12-6-7-13(10(2)16)14-8-12/h6-11,16H,4-5H2,1-3H3/t9?,10-/m1/s1. The molecule has 1 aromatic rings. The molecule has 2 atom stereocenters. The molecule has 1 fully saturated rings. The Hall–Kier alpha value is -1.09. The molecule has 1 aliphatic carbocycles. The van der Waals surface area contributed by atoms with Crippen molar-refractivity contribution in [1.29, 1.82) is 0 Å². The van der Waals surface area contributed by atoms with Gasteiger partial charge in [0.15, 0.2) is 0 Å². The van der Waals surface area contributed by atoms with E-state index in [0.29, 0.717) is 6.04 Å². The molecule has 0 spiro atoms. The monoisotopic (exact) mass is 220 g/mol. The number of nitrogens with zero attached hydrogens (tertiary/aromatic N) is 2. The van der Waals surface area contributed by atoms with Gasteiger partial charge in [0.25, 0.3) is 0 Å². The van der Waals surface area contributed by atoms with Crippen LogP contribution in [-0.2, 0) is 0 Å². The molecule has 1 unspecified atom stereocenters. The van der Waals surface area contributed by atoms with Gasteiger partial charge in [-0.25, -0.2) is 0 Å². The zero-order valence-corrected chi connectivity index (χ0v) is 10.2. The number of aromatic nitrogens is 1. The van der Waals surface area contributed by atoms with Crippen LogP contribution in [0.4, 0.5) is 5.69 Å². The van der Waals surface area contributed by atoms with E-state index in [0.717, 1.165) is 17.3 Å². The van der Waals surface area contributed by atoms with Crippen LogP contribution in [-0.4, -0.2) is 23.2 Å². The first kappa shape index (κ1) is 11.4. The normalized spacial score (nSPS) is 19.2. The minimum absolute atomic E-state index is 0.486. The second-order valence-corrected chi connectivity index (χ2v) is 4.81. The van der Waals surface area contributed by atoms with Crippen molar-refractivity contribution in [2.75, 3.05) is 11.9 Å². The molecule has 3 heteroatoms. The lowest BCUT2D eigenvalue weighted by Gasteiger charge is -2.26. The highest BCUT2D eigenvalue weighted by Gasteiger charge is 2.30. The largest absolute Gasteiger partial charge is 0.387 e. The van der Waals surface area contributed by atoms with Crippen molar-refractivity contribution >= 4 is 5.69 Å². The topological polar surface area (TPSA) is 36.4 Å². The Morgan fingerprint density at radius 1 is 1.38 bits per heavy atom. The number of rotatable bonds is 4. The Morgan fingerprint density at radius 2 is 2.06 bits per heavy atom. The van der Waals surface area contributed by atoms with Crippen LogP contribution in [0.1, 0.15) is 38.5 Å². The number of pyridine rings is 1. The van der Waals surface area contributed by atoms with Crippen molar-refractivity contribution in [2.45, 2.75) is 38.8 Å². The van der Waals surface area contributed by atoms with Gasteiger partial charge < -0.3 is 10.0 Å². The molecule has 1 aliphatic rings. The maximum absolute atomic E-state index is 9.38. The van der Waals surface area contributed by atoms with Gasteiger partial charge in [0, 0.05) is 13.1 Å². The van der Waals surface area contributed by atoms with Crippen LogP contribution in [0, 0.1) is 5.92 Å². The molecule has 1 N–H and O–H groups in total. The summed E-state index contributed by atoms with van der Waals surface area (Å²) in [6, 6.07) is 4.52. The summed E-state index contributed by atoms with van der Waals surface area (Å²) in [7, 11) is 2.11. The SMILES string of the molecule is CC(C1CC1)N(C)c1ccc([C@@H](C)O)nc1. The summed E-state index contributed by atoms with van der Waals surface area (Å²) in [5.74, 6) is 0.849. The lowest BCUT2D eigenvalue weighted by Crippen LogP contribution is -2.30. The second kappa shape index (κ2) is 4.42. The Bertz CT molecular complexity index is 343. The number of hydrogen-bond donors (Lipinski definition) is 1. The van der Waals surface area contributed by atoms with Crippen molar-refractivity contribution in [3.05, 3.63) is 24.0 Å². The van der Waals surface area contributed by atoms with Crippen LogP contribution in [0.3, 0.4) is 0 Å². The third kappa shape index (κ3) is 2.35. The highest BCUT2D eigenvalue weighted by molar-refractivity contribution is 5.45. The number of hydrogen-bond acceptors (Lipinski definition) is 3. The smallest absolute Gasteiger partial charge is 0.0931 e.